The minimum Gasteiger partial charge on any atom is -0.324 e. The lowest BCUT2D eigenvalue weighted by atomic mass is 9.97. The van der Waals surface area contributed by atoms with Crippen molar-refractivity contribution >= 4 is 34.5 Å². The zero-order valence-electron chi connectivity index (χ0n) is 22.9. The molecule has 1 N–H and O–H groups in total. The van der Waals surface area contributed by atoms with Gasteiger partial charge in [-0.2, -0.15) is 0 Å². The third-order valence-corrected chi connectivity index (χ3v) is 7.82. The molecule has 10 heteroatoms. The maximum Gasteiger partial charge on any atom is 0.234 e. The van der Waals surface area contributed by atoms with Gasteiger partial charge in [-0.15, -0.1) is 11.3 Å². The highest BCUT2D eigenvalue weighted by molar-refractivity contribution is 7.15. The molecule has 0 fully saturated rings. The molecule has 0 amide bonds. The first kappa shape index (κ1) is 28.8. The summed E-state index contributed by atoms with van der Waals surface area (Å²) in [5, 5.41) is 3.88. The van der Waals surface area contributed by atoms with Gasteiger partial charge in [-0.25, -0.2) is 28.1 Å². The summed E-state index contributed by atoms with van der Waals surface area (Å²) in [6, 6.07) is 18.4. The first-order valence-corrected chi connectivity index (χ1v) is 13.8. The molecule has 212 valence electrons. The fraction of sp³-hybridized carbons (Fsp3) is 0.156. The lowest BCUT2D eigenvalue weighted by Gasteiger charge is -2.13. The van der Waals surface area contributed by atoms with Gasteiger partial charge in [0.15, 0.2) is 0 Å². The highest BCUT2D eigenvalue weighted by Crippen LogP contribution is 2.41. The number of para-hydroxylation sites is 1. The molecule has 3 aromatic carbocycles. The number of hydrogen-bond acceptors (Lipinski definition) is 7. The molecule has 0 saturated heterocycles. The summed E-state index contributed by atoms with van der Waals surface area (Å²) in [6.45, 7) is 5.96. The second kappa shape index (κ2) is 11.7. The molecular formula is C32H25F3N4O2S. The summed E-state index contributed by atoms with van der Waals surface area (Å²) in [7, 11) is 0. The minimum absolute atomic E-state index is 0.0998. The smallest absolute Gasteiger partial charge is 0.234 e. The number of nitrogens with zero attached hydrogens (tertiary/aromatic N) is 3. The van der Waals surface area contributed by atoms with Crippen LogP contribution in [-0.2, 0) is 16.6 Å². The zero-order valence-corrected chi connectivity index (χ0v) is 23.7. The van der Waals surface area contributed by atoms with E-state index in [1.807, 2.05) is 51.1 Å². The van der Waals surface area contributed by atoms with Crippen LogP contribution in [-0.4, -0.2) is 26.5 Å². The first-order chi connectivity index (χ1) is 20.0. The lowest BCUT2D eigenvalue weighted by Crippen LogP contribution is -2.20. The zero-order chi connectivity index (χ0) is 30.0. The number of Topliss-reactive ketones (excluding diaryl/α,β-unsaturated/α-hetero) is 2. The summed E-state index contributed by atoms with van der Waals surface area (Å²) >= 11 is 1.36. The number of anilines is 2. The Labute approximate surface area is 244 Å². The van der Waals surface area contributed by atoms with Crippen LogP contribution < -0.4 is 5.32 Å². The van der Waals surface area contributed by atoms with Crippen LogP contribution in [0.5, 0.6) is 0 Å². The van der Waals surface area contributed by atoms with E-state index in [9.17, 15) is 18.4 Å². The molecule has 0 aliphatic heterocycles. The van der Waals surface area contributed by atoms with Gasteiger partial charge < -0.3 is 5.32 Å². The quantitative estimate of drug-likeness (QED) is 0.148. The molecule has 5 rings (SSSR count). The fourth-order valence-electron chi connectivity index (χ4n) is 4.20. The number of thiazole rings is 1. The van der Waals surface area contributed by atoms with Crippen LogP contribution >= 0.6 is 11.3 Å². The first-order valence-electron chi connectivity index (χ1n) is 13.0. The van der Waals surface area contributed by atoms with Crippen LogP contribution in [0.15, 0.2) is 79.0 Å². The number of nitrogens with one attached hydrogen (secondary N) is 1. The van der Waals surface area contributed by atoms with Crippen molar-refractivity contribution in [2.75, 3.05) is 5.32 Å². The van der Waals surface area contributed by atoms with Crippen molar-refractivity contribution in [3.8, 4) is 21.8 Å². The number of aromatic nitrogens is 3. The van der Waals surface area contributed by atoms with Crippen molar-refractivity contribution in [2.45, 2.75) is 32.6 Å². The lowest BCUT2D eigenvalue weighted by molar-refractivity contribution is -0.114. The Bertz CT molecular complexity index is 1780. The second-order valence-corrected chi connectivity index (χ2v) is 11.5. The maximum absolute atomic E-state index is 16.0. The number of carbonyl (C=O) groups is 2. The van der Waals surface area contributed by atoms with E-state index in [0.717, 1.165) is 28.9 Å². The van der Waals surface area contributed by atoms with Gasteiger partial charge in [0.25, 0.3) is 0 Å². The fourth-order valence-corrected chi connectivity index (χ4v) is 5.31. The molecule has 5 aromatic rings. The monoisotopic (exact) mass is 586 g/mol. The van der Waals surface area contributed by atoms with Gasteiger partial charge in [-0.05, 0) is 42.0 Å². The average molecular weight is 587 g/mol. The Morgan fingerprint density at radius 2 is 1.55 bits per heavy atom. The van der Waals surface area contributed by atoms with Gasteiger partial charge in [0.1, 0.15) is 17.5 Å². The molecule has 0 bridgehead atoms. The van der Waals surface area contributed by atoms with Crippen molar-refractivity contribution in [3.63, 3.8) is 0 Å². The largest absolute Gasteiger partial charge is 0.324 e. The highest BCUT2D eigenvalue weighted by atomic mass is 32.1. The van der Waals surface area contributed by atoms with Crippen LogP contribution in [0, 0.1) is 17.5 Å². The normalized spacial score (nSPS) is 11.4. The van der Waals surface area contributed by atoms with Crippen molar-refractivity contribution in [1.29, 1.82) is 0 Å². The summed E-state index contributed by atoms with van der Waals surface area (Å²) < 4.78 is 44.2. The molecule has 0 unspecified atom stereocenters. The molecule has 2 heterocycles. The standard InChI is InChI=1S/C32H25F3N4O2S/c1-32(2,3)30-39-27(29(42-30)23-15-16-36-31(38-23)37-19-10-5-4-6-11-19)20-12-7-9-18(26(20)35)17-24(40)28(41)25-21(33)13-8-14-22(25)34/h4-16H,17H2,1-3H3,(H,36,37,38). The Balaban J connectivity index is 1.53. The van der Waals surface area contributed by atoms with Crippen LogP contribution in [0.1, 0.15) is 41.7 Å². The van der Waals surface area contributed by atoms with E-state index in [0.29, 0.717) is 22.2 Å². The Hall–Kier alpha value is -4.70. The SMILES string of the molecule is CC(C)(C)c1nc(-c2cccc(CC(=O)C(=O)c3c(F)cccc3F)c2F)c(-c2ccnc(Nc3ccccc3)n2)s1. The minimum atomic E-state index is -1.36. The summed E-state index contributed by atoms with van der Waals surface area (Å²) in [5.41, 5.74) is 0.291. The average Bonchev–Trinajstić information content (AvgIpc) is 3.41. The summed E-state index contributed by atoms with van der Waals surface area (Å²) in [5.74, 6) is -5.24. The van der Waals surface area contributed by atoms with Crippen LogP contribution in [0.2, 0.25) is 0 Å². The molecular weight excluding hydrogens is 561 g/mol. The van der Waals surface area contributed by atoms with E-state index >= 15 is 4.39 Å². The third-order valence-electron chi connectivity index (χ3n) is 6.31. The molecule has 2 aromatic heterocycles. The third kappa shape index (κ3) is 5.99. The van der Waals surface area contributed by atoms with Crippen LogP contribution in [0.3, 0.4) is 0 Å². The molecule has 0 aliphatic carbocycles. The van der Waals surface area contributed by atoms with Gasteiger partial charge in [-0.1, -0.05) is 57.2 Å². The highest BCUT2D eigenvalue weighted by Gasteiger charge is 2.28. The number of rotatable bonds is 8. The van der Waals surface area contributed by atoms with E-state index in [1.54, 1.807) is 12.3 Å². The van der Waals surface area contributed by atoms with Gasteiger partial charge in [0, 0.05) is 29.3 Å². The molecule has 42 heavy (non-hydrogen) atoms. The molecule has 0 aliphatic rings. The van der Waals surface area contributed by atoms with Crippen LogP contribution in [0.25, 0.3) is 21.8 Å². The number of benzene rings is 3. The van der Waals surface area contributed by atoms with Gasteiger partial charge in [0.05, 0.1) is 26.8 Å². The van der Waals surface area contributed by atoms with Crippen molar-refractivity contribution < 1.29 is 22.8 Å². The molecule has 0 atom stereocenters. The van der Waals surface area contributed by atoms with E-state index in [-0.39, 0.29) is 16.5 Å². The number of hydrogen-bond donors (Lipinski definition) is 1. The van der Waals surface area contributed by atoms with E-state index in [2.05, 4.69) is 15.3 Å². The predicted molar refractivity (Wildman–Crippen MR) is 156 cm³/mol. The molecule has 0 spiro atoms. The number of carbonyl (C=O) groups excluding carboxylic acids is 2. The van der Waals surface area contributed by atoms with Crippen molar-refractivity contribution in [2.24, 2.45) is 0 Å². The van der Waals surface area contributed by atoms with Crippen molar-refractivity contribution in [3.05, 3.63) is 113 Å². The Kier molecular flexibility index (Phi) is 8.00. The predicted octanol–water partition coefficient (Wildman–Crippen LogP) is 7.72. The van der Waals surface area contributed by atoms with E-state index < -0.39 is 41.0 Å². The molecule has 0 radical (unpaired) electrons. The molecule has 0 saturated carbocycles. The van der Waals surface area contributed by atoms with E-state index in [1.165, 1.54) is 29.5 Å². The summed E-state index contributed by atoms with van der Waals surface area (Å²) in [4.78, 5) is 39.6. The summed E-state index contributed by atoms with van der Waals surface area (Å²) in [6.07, 6.45) is 0.906. The second-order valence-electron chi connectivity index (χ2n) is 10.5. The number of ketones is 2. The van der Waals surface area contributed by atoms with E-state index in [4.69, 9.17) is 4.98 Å². The number of halogens is 3. The Morgan fingerprint density at radius 3 is 2.24 bits per heavy atom. The molecule has 6 nitrogen and oxygen atoms in total. The van der Waals surface area contributed by atoms with Gasteiger partial charge >= 0.3 is 0 Å². The van der Waals surface area contributed by atoms with Crippen LogP contribution in [0.4, 0.5) is 24.8 Å². The van der Waals surface area contributed by atoms with Gasteiger partial charge in [-0.3, -0.25) is 9.59 Å². The Morgan fingerprint density at radius 1 is 0.857 bits per heavy atom. The van der Waals surface area contributed by atoms with Crippen molar-refractivity contribution in [1.82, 2.24) is 15.0 Å². The van der Waals surface area contributed by atoms with Gasteiger partial charge in [0.2, 0.25) is 17.5 Å². The maximum atomic E-state index is 16.0. The topological polar surface area (TPSA) is 84.8 Å².